The van der Waals surface area contributed by atoms with Crippen LogP contribution in [0, 0.1) is 10.8 Å². The van der Waals surface area contributed by atoms with E-state index >= 15 is 0 Å². The Kier molecular flexibility index (Phi) is 7.53. The van der Waals surface area contributed by atoms with Crippen LogP contribution in [0.1, 0.15) is 24.5 Å². The molecule has 0 atom stereocenters. The van der Waals surface area contributed by atoms with Gasteiger partial charge in [0.05, 0.1) is 19.3 Å². The number of hydrogen-bond acceptors (Lipinski definition) is 5. The molecule has 0 bridgehead atoms. The summed E-state index contributed by atoms with van der Waals surface area (Å²) in [5.74, 6) is 1.59. The highest BCUT2D eigenvalue weighted by Crippen LogP contribution is 2.21. The average molecular weight is 372 g/mol. The predicted octanol–water partition coefficient (Wildman–Crippen LogP) is 4.76. The van der Waals surface area contributed by atoms with Crippen molar-refractivity contribution in [1.29, 1.82) is 10.8 Å². The second kappa shape index (κ2) is 9.87. The van der Waals surface area contributed by atoms with E-state index in [2.05, 4.69) is 0 Å². The molecule has 6 heteroatoms. The van der Waals surface area contributed by atoms with Crippen molar-refractivity contribution in [3.05, 3.63) is 59.7 Å². The van der Waals surface area contributed by atoms with Gasteiger partial charge in [-0.2, -0.15) is 0 Å². The molecule has 2 aromatic carbocycles. The minimum absolute atomic E-state index is 0.363. The number of rotatable bonds is 7. The normalized spacial score (nSPS) is 10.3. The van der Waals surface area contributed by atoms with Crippen molar-refractivity contribution in [2.24, 2.45) is 0 Å². The van der Waals surface area contributed by atoms with Crippen LogP contribution in [0.15, 0.2) is 48.5 Å². The van der Waals surface area contributed by atoms with Gasteiger partial charge in [-0.05, 0) is 53.6 Å². The van der Waals surface area contributed by atoms with Crippen molar-refractivity contribution in [1.82, 2.24) is 4.90 Å². The second-order valence-corrected chi connectivity index (χ2v) is 6.83. The number of hydrogen-bond donors (Lipinski definition) is 2. The molecule has 0 unspecified atom stereocenters. The lowest BCUT2D eigenvalue weighted by atomic mass is 10.1. The van der Waals surface area contributed by atoms with E-state index in [9.17, 15) is 0 Å². The number of methoxy groups -OCH3 is 2. The van der Waals surface area contributed by atoms with E-state index in [1.165, 1.54) is 11.8 Å². The lowest BCUT2D eigenvalue weighted by Crippen LogP contribution is -2.28. The summed E-state index contributed by atoms with van der Waals surface area (Å²) in [4.78, 5) is 1.96. The van der Waals surface area contributed by atoms with E-state index < -0.39 is 0 Å². The Labute approximate surface area is 159 Å². The van der Waals surface area contributed by atoms with Gasteiger partial charge in [0.2, 0.25) is 0 Å². The Bertz CT molecular complexity index is 715. The van der Waals surface area contributed by atoms with E-state index in [4.69, 9.17) is 20.3 Å². The molecular weight excluding hydrogens is 346 g/mol. The van der Waals surface area contributed by atoms with Crippen LogP contribution in [0.25, 0.3) is 0 Å². The zero-order valence-corrected chi connectivity index (χ0v) is 16.2. The van der Waals surface area contributed by atoms with Crippen LogP contribution in [0.3, 0.4) is 0 Å². The van der Waals surface area contributed by atoms with Crippen LogP contribution in [-0.4, -0.2) is 29.3 Å². The van der Waals surface area contributed by atoms with E-state index in [0.29, 0.717) is 29.7 Å². The minimum Gasteiger partial charge on any atom is -0.497 e. The molecule has 2 aromatic rings. The van der Waals surface area contributed by atoms with Crippen molar-refractivity contribution in [3.63, 3.8) is 0 Å². The van der Waals surface area contributed by atoms with Crippen LogP contribution in [-0.2, 0) is 13.1 Å². The Morgan fingerprint density at radius 3 is 1.85 bits per heavy atom. The Morgan fingerprint density at radius 1 is 0.923 bits per heavy atom. The average Bonchev–Trinajstić information content (AvgIpc) is 2.67. The minimum atomic E-state index is 0.363. The molecule has 0 fully saturated rings. The number of thioether (sulfide) groups is 1. The molecule has 0 amide bonds. The first-order valence-electron chi connectivity index (χ1n) is 8.40. The fraction of sp³-hybridized carbons (Fsp3) is 0.300. The molecule has 0 heterocycles. The Balaban J connectivity index is 2.22. The van der Waals surface area contributed by atoms with Crippen molar-refractivity contribution >= 4 is 22.0 Å². The van der Waals surface area contributed by atoms with Crippen LogP contribution >= 0.6 is 11.8 Å². The first-order valence-corrected chi connectivity index (χ1v) is 9.22. The third kappa shape index (κ3) is 5.81. The molecule has 0 aliphatic heterocycles. The molecular formula is C20H25N3O2S. The summed E-state index contributed by atoms with van der Waals surface area (Å²) in [7, 11) is 3.29. The zero-order chi connectivity index (χ0) is 18.9. The summed E-state index contributed by atoms with van der Waals surface area (Å²) in [6.45, 7) is 3.06. The largest absolute Gasteiger partial charge is 0.497 e. The van der Waals surface area contributed by atoms with Gasteiger partial charge in [-0.25, -0.2) is 0 Å². The fourth-order valence-electron chi connectivity index (χ4n) is 2.44. The van der Waals surface area contributed by atoms with E-state index in [1.807, 2.05) is 60.4 Å². The van der Waals surface area contributed by atoms with Crippen molar-refractivity contribution in [2.45, 2.75) is 26.4 Å². The lowest BCUT2D eigenvalue weighted by Gasteiger charge is -2.25. The molecule has 5 nitrogen and oxygen atoms in total. The quantitative estimate of drug-likeness (QED) is 0.544. The molecule has 26 heavy (non-hydrogen) atoms. The maximum atomic E-state index is 8.46. The first kappa shape index (κ1) is 19.8. The third-order valence-corrected chi connectivity index (χ3v) is 4.83. The predicted molar refractivity (Wildman–Crippen MR) is 109 cm³/mol. The number of ether oxygens (including phenoxy) is 2. The van der Waals surface area contributed by atoms with E-state index in [0.717, 1.165) is 22.6 Å². The molecule has 0 spiro atoms. The number of amidine groups is 1. The van der Waals surface area contributed by atoms with Gasteiger partial charge in [-0.1, -0.05) is 31.2 Å². The van der Waals surface area contributed by atoms with Crippen molar-refractivity contribution < 1.29 is 9.47 Å². The first-order chi connectivity index (χ1) is 12.5. The van der Waals surface area contributed by atoms with Crippen molar-refractivity contribution in [3.8, 4) is 11.5 Å². The summed E-state index contributed by atoms with van der Waals surface area (Å²) in [6.07, 6.45) is 0.624. The van der Waals surface area contributed by atoms with Gasteiger partial charge in [0.15, 0.2) is 5.17 Å². The Morgan fingerprint density at radius 2 is 1.42 bits per heavy atom. The maximum absolute atomic E-state index is 8.46. The van der Waals surface area contributed by atoms with Gasteiger partial charge in [-0.15, -0.1) is 0 Å². The number of benzene rings is 2. The fourth-order valence-corrected chi connectivity index (χ4v) is 3.07. The summed E-state index contributed by atoms with van der Waals surface area (Å²) in [5, 5.41) is 17.2. The zero-order valence-electron chi connectivity index (χ0n) is 15.4. The van der Waals surface area contributed by atoms with Crippen LogP contribution in [0.5, 0.6) is 11.5 Å². The Hall–Kier alpha value is -2.47. The highest BCUT2D eigenvalue weighted by Gasteiger charge is 2.14. The van der Waals surface area contributed by atoms with Crippen LogP contribution in [0.2, 0.25) is 0 Å². The molecule has 0 saturated carbocycles. The molecule has 0 aliphatic rings. The molecule has 0 radical (unpaired) electrons. The highest BCUT2D eigenvalue weighted by molar-refractivity contribution is 8.26. The van der Waals surface area contributed by atoms with Crippen LogP contribution in [0.4, 0.5) is 0 Å². The molecule has 138 valence electrons. The van der Waals surface area contributed by atoms with Gasteiger partial charge in [-0.3, -0.25) is 10.8 Å². The third-order valence-electron chi connectivity index (χ3n) is 3.84. The van der Waals surface area contributed by atoms with Crippen molar-refractivity contribution in [2.75, 3.05) is 14.2 Å². The smallest absolute Gasteiger partial charge is 0.163 e. The topological polar surface area (TPSA) is 69.4 Å². The lowest BCUT2D eigenvalue weighted by molar-refractivity contribution is 0.397. The molecule has 2 rings (SSSR count). The van der Waals surface area contributed by atoms with Gasteiger partial charge in [0, 0.05) is 13.1 Å². The molecule has 0 saturated heterocycles. The second-order valence-electron chi connectivity index (χ2n) is 5.74. The van der Waals surface area contributed by atoms with Gasteiger partial charge in [0.1, 0.15) is 11.5 Å². The molecule has 2 N–H and O–H groups in total. The summed E-state index contributed by atoms with van der Waals surface area (Å²) >= 11 is 1.20. The summed E-state index contributed by atoms with van der Waals surface area (Å²) in [5.41, 5.74) is 2.11. The van der Waals surface area contributed by atoms with E-state index in [-0.39, 0.29) is 0 Å². The van der Waals surface area contributed by atoms with Gasteiger partial charge >= 0.3 is 0 Å². The molecule has 0 aromatic heterocycles. The van der Waals surface area contributed by atoms with Gasteiger partial charge in [0.25, 0.3) is 0 Å². The van der Waals surface area contributed by atoms with Crippen LogP contribution < -0.4 is 9.47 Å². The maximum Gasteiger partial charge on any atom is 0.163 e. The number of nitrogens with one attached hydrogen (secondary N) is 2. The standard InChI is InChI=1S/C20H25N3O2S/c1-4-19(21)26-20(22)23(13-15-7-5-9-17(11-15)24-2)14-16-8-6-10-18(12-16)25-3/h5-12,21-22H,4,13-14H2,1-3H3. The van der Waals surface area contributed by atoms with E-state index in [1.54, 1.807) is 14.2 Å². The van der Waals surface area contributed by atoms with Gasteiger partial charge < -0.3 is 14.4 Å². The summed E-state index contributed by atoms with van der Waals surface area (Å²) < 4.78 is 10.6. The monoisotopic (exact) mass is 371 g/mol. The highest BCUT2D eigenvalue weighted by atomic mass is 32.2. The molecule has 0 aliphatic carbocycles. The summed E-state index contributed by atoms with van der Waals surface area (Å²) in [6, 6.07) is 15.7. The SMILES string of the molecule is CCC(=N)SC(=N)N(Cc1cccc(OC)c1)Cc1cccc(OC)c1. The number of nitrogens with zero attached hydrogens (tertiary/aromatic N) is 1.